The molecule has 17 heteroatoms. The Hall–Kier alpha value is -5.26. The highest BCUT2D eigenvalue weighted by Gasteiger charge is 2.46. The van der Waals surface area contributed by atoms with E-state index < -0.39 is 30.7 Å². The second-order valence-electron chi connectivity index (χ2n) is 18.5. The first-order valence-electron chi connectivity index (χ1n) is 21.9. The number of pyridine rings is 1. The molecular formula is C45H50F3N9O5. The van der Waals surface area contributed by atoms with Crippen LogP contribution in [-0.4, -0.2) is 137 Å². The second-order valence-corrected chi connectivity index (χ2v) is 18.5. The molecule has 2 aromatic carbocycles. The number of fused-ring (bicyclic) bond motifs is 7. The van der Waals surface area contributed by atoms with Gasteiger partial charge in [0, 0.05) is 69.2 Å². The van der Waals surface area contributed by atoms with E-state index in [9.17, 15) is 27.6 Å². The Bertz CT molecular complexity index is 2440. The van der Waals surface area contributed by atoms with Crippen LogP contribution in [0.1, 0.15) is 77.8 Å². The molecule has 4 aromatic rings. The summed E-state index contributed by atoms with van der Waals surface area (Å²) in [7, 11) is 0. The average molecular weight is 854 g/mol. The van der Waals surface area contributed by atoms with Crippen molar-refractivity contribution in [2.45, 2.75) is 87.9 Å². The molecular weight excluding hydrogens is 804 g/mol. The van der Waals surface area contributed by atoms with Crippen molar-refractivity contribution in [3.8, 4) is 5.75 Å². The van der Waals surface area contributed by atoms with Crippen LogP contribution in [0.15, 0.2) is 48.8 Å². The molecule has 2 N–H and O–H groups in total. The van der Waals surface area contributed by atoms with E-state index in [2.05, 4.69) is 36.3 Å². The van der Waals surface area contributed by atoms with Crippen molar-refractivity contribution in [1.29, 1.82) is 0 Å². The standard InChI is InChI=1S/C45H50F3N9O5/c1-26-14-33-31(3-5-35-34(33)19-50-52-35)41(57(26)25-45(46,47)48)36-4-2-29(18-49-36)54-10-8-44(9-11-54)17-27(23-62-44)20-53-12-13-55-30(22-53)24-61-39-16-32-28(15-38(39)55)21-56(43(32)60)37-6-7-40(58)51-42(37)59/h2-5,15-16,18-19,26-27,30,37,41H,6-14,17,20-25H2,1H3,(H,50,52)(H,51,58,59)/t26-,27?,30+,37?,41+/m1/s1. The number of amides is 3. The monoisotopic (exact) mass is 853 g/mol. The van der Waals surface area contributed by atoms with Gasteiger partial charge in [-0.15, -0.1) is 0 Å². The first-order chi connectivity index (χ1) is 29.9. The number of H-pyrrole nitrogens is 1. The van der Waals surface area contributed by atoms with E-state index in [0.717, 1.165) is 104 Å². The molecule has 1 spiro atoms. The summed E-state index contributed by atoms with van der Waals surface area (Å²) in [4.78, 5) is 52.9. The number of benzene rings is 2. The van der Waals surface area contributed by atoms with Crippen LogP contribution in [0.25, 0.3) is 10.9 Å². The van der Waals surface area contributed by atoms with E-state index in [0.29, 0.717) is 48.9 Å². The summed E-state index contributed by atoms with van der Waals surface area (Å²) in [5.41, 5.74) is 6.58. The van der Waals surface area contributed by atoms with Crippen molar-refractivity contribution in [2.75, 3.05) is 68.8 Å². The molecule has 326 valence electrons. The molecule has 3 amide bonds. The zero-order chi connectivity index (χ0) is 42.5. The number of halogens is 3. The van der Waals surface area contributed by atoms with Gasteiger partial charge in [0.2, 0.25) is 11.8 Å². The number of carbonyl (C=O) groups is 3. The first-order valence-corrected chi connectivity index (χ1v) is 21.9. The highest BCUT2D eigenvalue weighted by atomic mass is 19.4. The number of piperazine rings is 1. The van der Waals surface area contributed by atoms with Crippen LogP contribution < -0.4 is 19.9 Å². The van der Waals surface area contributed by atoms with E-state index in [4.69, 9.17) is 14.5 Å². The smallest absolute Gasteiger partial charge is 0.401 e. The minimum Gasteiger partial charge on any atom is -0.489 e. The Balaban J connectivity index is 0.705. The molecule has 9 heterocycles. The molecule has 62 heavy (non-hydrogen) atoms. The van der Waals surface area contributed by atoms with Gasteiger partial charge in [-0.3, -0.25) is 39.6 Å². The number of imide groups is 1. The van der Waals surface area contributed by atoms with Crippen molar-refractivity contribution in [3.63, 3.8) is 0 Å². The SMILES string of the molecule is C[C@@H]1Cc2c(ccc3[nH]ncc23)[C@@H](c2ccc(N3CCC4(CC3)CC(CN3CCN5c6cc7c(cc6OC[C@@H]5C3)C(=O)N(C3CCC(=O)NC3=O)C7)CO4)cn2)N1CC(F)(F)F. The number of rotatable bonds is 6. The molecule has 0 aliphatic carbocycles. The van der Waals surface area contributed by atoms with Crippen LogP contribution >= 0.6 is 0 Å². The van der Waals surface area contributed by atoms with E-state index in [-0.39, 0.29) is 35.9 Å². The highest BCUT2D eigenvalue weighted by Crippen LogP contribution is 2.45. The number of alkyl halides is 3. The third-order valence-corrected chi connectivity index (χ3v) is 14.6. The Morgan fingerprint density at radius 1 is 0.984 bits per heavy atom. The van der Waals surface area contributed by atoms with Crippen molar-refractivity contribution in [1.82, 2.24) is 35.2 Å². The lowest BCUT2D eigenvalue weighted by Crippen LogP contribution is -2.58. The van der Waals surface area contributed by atoms with Crippen LogP contribution in [0.3, 0.4) is 0 Å². The van der Waals surface area contributed by atoms with Crippen LogP contribution in [0, 0.1) is 5.92 Å². The summed E-state index contributed by atoms with van der Waals surface area (Å²) in [6.45, 7) is 7.62. The van der Waals surface area contributed by atoms with Crippen molar-refractivity contribution < 1.29 is 37.0 Å². The molecule has 4 saturated heterocycles. The van der Waals surface area contributed by atoms with Crippen molar-refractivity contribution in [2.24, 2.45) is 5.92 Å². The third kappa shape index (κ3) is 6.96. The van der Waals surface area contributed by atoms with Gasteiger partial charge in [0.05, 0.1) is 65.8 Å². The largest absolute Gasteiger partial charge is 0.489 e. The number of anilines is 2. The van der Waals surface area contributed by atoms with Gasteiger partial charge in [0.15, 0.2) is 0 Å². The number of aromatic amines is 1. The molecule has 0 bridgehead atoms. The van der Waals surface area contributed by atoms with Gasteiger partial charge in [0.25, 0.3) is 5.91 Å². The third-order valence-electron chi connectivity index (χ3n) is 14.6. The fourth-order valence-corrected chi connectivity index (χ4v) is 11.5. The number of ether oxygens (including phenoxy) is 2. The fraction of sp³-hybridized carbons (Fsp3) is 0.533. The molecule has 7 aliphatic heterocycles. The van der Waals surface area contributed by atoms with Gasteiger partial charge >= 0.3 is 6.18 Å². The van der Waals surface area contributed by atoms with Gasteiger partial charge in [-0.05, 0) is 92.0 Å². The van der Waals surface area contributed by atoms with E-state index in [1.807, 2.05) is 43.5 Å². The quantitative estimate of drug-likeness (QED) is 0.264. The maximum absolute atomic E-state index is 13.9. The Morgan fingerprint density at radius 2 is 1.84 bits per heavy atom. The summed E-state index contributed by atoms with van der Waals surface area (Å²) in [5.74, 6) is 0.205. The van der Waals surface area contributed by atoms with Crippen molar-refractivity contribution in [3.05, 3.63) is 76.7 Å². The normalized spacial score (nSPS) is 27.6. The van der Waals surface area contributed by atoms with Crippen LogP contribution in [0.5, 0.6) is 5.75 Å². The molecule has 7 aliphatic rings. The molecule has 5 atom stereocenters. The molecule has 11 rings (SSSR count). The van der Waals surface area contributed by atoms with E-state index >= 15 is 0 Å². The molecule has 2 unspecified atom stereocenters. The Labute approximate surface area is 356 Å². The van der Waals surface area contributed by atoms with Crippen LogP contribution in [0.4, 0.5) is 24.5 Å². The fourth-order valence-electron chi connectivity index (χ4n) is 11.5. The molecule has 14 nitrogen and oxygen atoms in total. The lowest BCUT2D eigenvalue weighted by molar-refractivity contribution is -0.155. The first kappa shape index (κ1) is 39.6. The molecule has 2 aromatic heterocycles. The van der Waals surface area contributed by atoms with Crippen LogP contribution in [0.2, 0.25) is 0 Å². The van der Waals surface area contributed by atoms with E-state index in [1.54, 1.807) is 11.1 Å². The average Bonchev–Trinajstić information content (AvgIpc) is 3.98. The number of hydrogen-bond acceptors (Lipinski definition) is 11. The molecule has 0 radical (unpaired) electrons. The van der Waals surface area contributed by atoms with Gasteiger partial charge in [-0.25, -0.2) is 0 Å². The summed E-state index contributed by atoms with van der Waals surface area (Å²) < 4.78 is 54.7. The molecule has 0 saturated carbocycles. The number of nitrogens with one attached hydrogen (secondary N) is 2. The zero-order valence-corrected chi connectivity index (χ0v) is 34.6. The minimum atomic E-state index is -4.35. The Kier molecular flexibility index (Phi) is 9.54. The lowest BCUT2D eigenvalue weighted by atomic mass is 9.84. The number of carbonyl (C=O) groups excluding carboxylic acids is 3. The second kappa shape index (κ2) is 14.9. The van der Waals surface area contributed by atoms with Gasteiger partial charge < -0.3 is 24.2 Å². The summed E-state index contributed by atoms with van der Waals surface area (Å²) in [5, 5.41) is 10.5. The lowest BCUT2D eigenvalue weighted by Gasteiger charge is -2.46. The van der Waals surface area contributed by atoms with Gasteiger partial charge in [-0.1, -0.05) is 6.07 Å². The number of hydrogen-bond donors (Lipinski definition) is 2. The predicted octanol–water partition coefficient (Wildman–Crippen LogP) is 4.58. The van der Waals surface area contributed by atoms with Gasteiger partial charge in [0.1, 0.15) is 18.4 Å². The number of aromatic nitrogens is 3. The Morgan fingerprint density at radius 3 is 2.63 bits per heavy atom. The number of piperidine rings is 2. The topological polar surface area (TPSA) is 139 Å². The maximum atomic E-state index is 13.9. The summed E-state index contributed by atoms with van der Waals surface area (Å²) in [6.07, 6.45) is 3.08. The maximum Gasteiger partial charge on any atom is 0.401 e. The summed E-state index contributed by atoms with van der Waals surface area (Å²) >= 11 is 0. The highest BCUT2D eigenvalue weighted by molar-refractivity contribution is 6.06. The van der Waals surface area contributed by atoms with Crippen molar-refractivity contribution >= 4 is 40.0 Å². The number of nitrogens with zero attached hydrogens (tertiary/aromatic N) is 7. The summed E-state index contributed by atoms with van der Waals surface area (Å²) in [6, 6.07) is 10.2. The minimum absolute atomic E-state index is 0.165. The predicted molar refractivity (Wildman–Crippen MR) is 222 cm³/mol. The van der Waals surface area contributed by atoms with E-state index in [1.165, 1.54) is 4.90 Å². The van der Waals surface area contributed by atoms with Crippen LogP contribution in [-0.2, 0) is 27.3 Å². The van der Waals surface area contributed by atoms with Gasteiger partial charge in [-0.2, -0.15) is 18.3 Å². The molecule has 4 fully saturated rings. The zero-order valence-electron chi connectivity index (χ0n) is 34.6.